The Morgan fingerprint density at radius 2 is 1.92 bits per heavy atom. The normalized spacial score (nSPS) is 10.3. The summed E-state index contributed by atoms with van der Waals surface area (Å²) in [5.74, 6) is 0. The van der Waals surface area contributed by atoms with E-state index in [4.69, 9.17) is 23.2 Å². The molecule has 0 heterocycles. The summed E-state index contributed by atoms with van der Waals surface area (Å²) in [5, 5.41) is 1.43. The minimum absolute atomic E-state index is 0.672. The van der Waals surface area contributed by atoms with Gasteiger partial charge in [0, 0.05) is 9.92 Å². The maximum atomic E-state index is 5.97. The molecule has 1 aromatic rings. The molecular weight excluding hydrogens is 211 g/mol. The van der Waals surface area contributed by atoms with Crippen LogP contribution in [-0.4, -0.2) is 0 Å². The van der Waals surface area contributed by atoms with E-state index < -0.39 is 0 Å². The van der Waals surface area contributed by atoms with Gasteiger partial charge in [-0.05, 0) is 24.1 Å². The Morgan fingerprint density at radius 3 is 2.50 bits per heavy atom. The van der Waals surface area contributed by atoms with Crippen molar-refractivity contribution in [3.63, 3.8) is 0 Å². The maximum absolute atomic E-state index is 5.97. The summed E-state index contributed by atoms with van der Waals surface area (Å²) >= 11 is 16.0. The van der Waals surface area contributed by atoms with Crippen LogP contribution in [0.4, 0.5) is 0 Å². The lowest BCUT2D eigenvalue weighted by atomic mass is 10.1. The number of halogens is 2. The molecule has 0 aromatic heterocycles. The van der Waals surface area contributed by atoms with Crippen molar-refractivity contribution in [1.29, 1.82) is 0 Å². The molecule has 0 saturated carbocycles. The Hall–Kier alpha value is 0.150. The van der Waals surface area contributed by atoms with E-state index in [1.54, 1.807) is 6.07 Å². The standard InChI is InChI=1S/C9H10Cl2S/c1-2-3-6-4-8(11)9(12)5-7(6)10/h4-5,12H,2-3H2,1H3. The van der Waals surface area contributed by atoms with E-state index >= 15 is 0 Å². The number of benzene rings is 1. The summed E-state index contributed by atoms with van der Waals surface area (Å²) < 4.78 is 0. The Kier molecular flexibility index (Phi) is 3.76. The predicted octanol–water partition coefficient (Wildman–Crippen LogP) is 4.23. The smallest absolute Gasteiger partial charge is 0.0543 e. The molecule has 0 aliphatic heterocycles. The Balaban J connectivity index is 3.05. The summed E-state index contributed by atoms with van der Waals surface area (Å²) in [4.78, 5) is 0.738. The molecule has 0 radical (unpaired) electrons. The zero-order valence-corrected chi connectivity index (χ0v) is 9.18. The minimum Gasteiger partial charge on any atom is -0.142 e. The fraction of sp³-hybridized carbons (Fsp3) is 0.333. The molecule has 0 N–H and O–H groups in total. The molecule has 0 spiro atoms. The number of rotatable bonds is 2. The quantitative estimate of drug-likeness (QED) is 0.709. The summed E-state index contributed by atoms with van der Waals surface area (Å²) in [5.41, 5.74) is 1.10. The second kappa shape index (κ2) is 4.40. The monoisotopic (exact) mass is 220 g/mol. The first-order chi connectivity index (χ1) is 5.65. The van der Waals surface area contributed by atoms with Crippen LogP contribution in [0.25, 0.3) is 0 Å². The van der Waals surface area contributed by atoms with E-state index in [0.717, 1.165) is 28.3 Å². The Bertz CT molecular complexity index is 284. The van der Waals surface area contributed by atoms with Crippen molar-refractivity contribution in [2.75, 3.05) is 0 Å². The Morgan fingerprint density at radius 1 is 1.25 bits per heavy atom. The van der Waals surface area contributed by atoms with Crippen molar-refractivity contribution >= 4 is 35.8 Å². The third-order valence-corrected chi connectivity index (χ3v) is 2.80. The van der Waals surface area contributed by atoms with Gasteiger partial charge in [-0.15, -0.1) is 12.6 Å². The van der Waals surface area contributed by atoms with Crippen LogP contribution < -0.4 is 0 Å². The highest BCUT2D eigenvalue weighted by atomic mass is 35.5. The first-order valence-corrected chi connectivity index (χ1v) is 5.02. The van der Waals surface area contributed by atoms with Gasteiger partial charge in [0.2, 0.25) is 0 Å². The number of aryl methyl sites for hydroxylation is 1. The average Bonchev–Trinajstić information content (AvgIpc) is 2.01. The number of hydrogen-bond acceptors (Lipinski definition) is 1. The van der Waals surface area contributed by atoms with Crippen LogP contribution in [-0.2, 0) is 6.42 Å². The molecule has 1 rings (SSSR count). The van der Waals surface area contributed by atoms with E-state index in [1.165, 1.54) is 0 Å². The summed E-state index contributed by atoms with van der Waals surface area (Å²) in [6.07, 6.45) is 2.04. The zero-order valence-electron chi connectivity index (χ0n) is 6.77. The molecule has 0 aliphatic rings. The third-order valence-electron chi connectivity index (χ3n) is 1.64. The van der Waals surface area contributed by atoms with E-state index in [9.17, 15) is 0 Å². The van der Waals surface area contributed by atoms with Crippen molar-refractivity contribution in [2.24, 2.45) is 0 Å². The van der Waals surface area contributed by atoms with Gasteiger partial charge < -0.3 is 0 Å². The molecule has 0 aliphatic carbocycles. The van der Waals surface area contributed by atoms with Crippen LogP contribution in [0.1, 0.15) is 18.9 Å². The van der Waals surface area contributed by atoms with Crippen molar-refractivity contribution in [3.8, 4) is 0 Å². The van der Waals surface area contributed by atoms with E-state index in [1.807, 2.05) is 6.07 Å². The van der Waals surface area contributed by atoms with Crippen LogP contribution in [0, 0.1) is 0 Å². The van der Waals surface area contributed by atoms with Gasteiger partial charge in [0.15, 0.2) is 0 Å². The highest BCUT2D eigenvalue weighted by molar-refractivity contribution is 7.80. The van der Waals surface area contributed by atoms with E-state index in [2.05, 4.69) is 19.6 Å². The molecule has 0 atom stereocenters. The van der Waals surface area contributed by atoms with Crippen LogP contribution in [0.2, 0.25) is 10.0 Å². The molecule has 3 heteroatoms. The van der Waals surface area contributed by atoms with Gasteiger partial charge in [-0.2, -0.15) is 0 Å². The van der Waals surface area contributed by atoms with Crippen LogP contribution in [0.15, 0.2) is 17.0 Å². The molecule has 0 fully saturated rings. The van der Waals surface area contributed by atoms with Crippen LogP contribution in [0.5, 0.6) is 0 Å². The summed E-state index contributed by atoms with van der Waals surface area (Å²) in [6, 6.07) is 3.67. The van der Waals surface area contributed by atoms with Gasteiger partial charge in [-0.25, -0.2) is 0 Å². The average molecular weight is 221 g/mol. The van der Waals surface area contributed by atoms with Crippen molar-refractivity contribution in [3.05, 3.63) is 27.7 Å². The fourth-order valence-electron chi connectivity index (χ4n) is 1.04. The van der Waals surface area contributed by atoms with Crippen LogP contribution in [0.3, 0.4) is 0 Å². The fourth-order valence-corrected chi connectivity index (χ4v) is 1.75. The molecule has 66 valence electrons. The first-order valence-electron chi connectivity index (χ1n) is 3.82. The molecule has 0 bridgehead atoms. The van der Waals surface area contributed by atoms with E-state index in [-0.39, 0.29) is 0 Å². The first kappa shape index (κ1) is 10.2. The Labute approximate surface area is 88.3 Å². The van der Waals surface area contributed by atoms with Crippen LogP contribution >= 0.6 is 35.8 Å². The molecule has 0 unspecified atom stereocenters. The van der Waals surface area contributed by atoms with Gasteiger partial charge in [-0.1, -0.05) is 36.5 Å². The van der Waals surface area contributed by atoms with Crippen molar-refractivity contribution in [2.45, 2.75) is 24.7 Å². The molecule has 0 saturated heterocycles. The van der Waals surface area contributed by atoms with Gasteiger partial charge in [-0.3, -0.25) is 0 Å². The van der Waals surface area contributed by atoms with Gasteiger partial charge in [0.05, 0.1) is 5.02 Å². The van der Waals surface area contributed by atoms with Gasteiger partial charge in [0.1, 0.15) is 0 Å². The predicted molar refractivity (Wildman–Crippen MR) is 57.7 cm³/mol. The second-order valence-corrected chi connectivity index (χ2v) is 3.94. The summed E-state index contributed by atoms with van der Waals surface area (Å²) in [7, 11) is 0. The van der Waals surface area contributed by atoms with Gasteiger partial charge in [0.25, 0.3) is 0 Å². The molecular formula is C9H10Cl2S. The van der Waals surface area contributed by atoms with E-state index in [0.29, 0.717) is 5.02 Å². The second-order valence-electron chi connectivity index (χ2n) is 2.65. The lowest BCUT2D eigenvalue weighted by molar-refractivity contribution is 0.920. The molecule has 0 amide bonds. The lowest BCUT2D eigenvalue weighted by Gasteiger charge is -2.04. The SMILES string of the molecule is CCCc1cc(Cl)c(S)cc1Cl. The van der Waals surface area contributed by atoms with Crippen molar-refractivity contribution < 1.29 is 0 Å². The third kappa shape index (κ3) is 2.32. The summed E-state index contributed by atoms with van der Waals surface area (Å²) in [6.45, 7) is 2.11. The highest BCUT2D eigenvalue weighted by Gasteiger charge is 2.03. The number of hydrogen-bond donors (Lipinski definition) is 1. The largest absolute Gasteiger partial charge is 0.142 e. The van der Waals surface area contributed by atoms with Gasteiger partial charge >= 0.3 is 0 Å². The molecule has 1 aromatic carbocycles. The maximum Gasteiger partial charge on any atom is 0.0543 e. The minimum atomic E-state index is 0.672. The van der Waals surface area contributed by atoms with Crippen molar-refractivity contribution in [1.82, 2.24) is 0 Å². The zero-order chi connectivity index (χ0) is 9.14. The lowest BCUT2D eigenvalue weighted by Crippen LogP contribution is -1.85. The molecule has 12 heavy (non-hydrogen) atoms. The number of thiol groups is 1. The highest BCUT2D eigenvalue weighted by Crippen LogP contribution is 2.28. The molecule has 0 nitrogen and oxygen atoms in total. The topological polar surface area (TPSA) is 0 Å².